The van der Waals surface area contributed by atoms with Gasteiger partial charge in [0, 0.05) is 12.8 Å². The van der Waals surface area contributed by atoms with Gasteiger partial charge >= 0.3 is 11.9 Å². The average Bonchev–Trinajstić information content (AvgIpc) is 3.04. The van der Waals surface area contributed by atoms with E-state index in [4.69, 9.17) is 9.47 Å². The molecule has 0 aliphatic carbocycles. The fourth-order valence-corrected chi connectivity index (χ4v) is 4.95. The van der Waals surface area contributed by atoms with Gasteiger partial charge in [-0.2, -0.15) is 0 Å². The summed E-state index contributed by atoms with van der Waals surface area (Å²) in [7, 11) is 0. The van der Waals surface area contributed by atoms with Crippen molar-refractivity contribution < 1.29 is 29.3 Å². The van der Waals surface area contributed by atoms with Crippen LogP contribution < -0.4 is 0 Å². The minimum atomic E-state index is -1.04. The van der Waals surface area contributed by atoms with Gasteiger partial charge in [0.2, 0.25) is 0 Å². The van der Waals surface area contributed by atoms with Gasteiger partial charge in [-0.25, -0.2) is 0 Å². The number of ether oxygens (including phenoxy) is 2. The summed E-state index contributed by atoms with van der Waals surface area (Å²) in [6.45, 7) is 6.34. The van der Waals surface area contributed by atoms with Gasteiger partial charge in [0.05, 0.1) is 6.10 Å². The first-order chi connectivity index (χ1) is 22.8. The molecule has 6 nitrogen and oxygen atoms in total. The second-order valence-corrected chi connectivity index (χ2v) is 13.0. The quantitative estimate of drug-likeness (QED) is 0.0323. The number of rotatable bonds is 32. The summed E-state index contributed by atoms with van der Waals surface area (Å²) in [5, 5.41) is 20.1. The molecule has 0 aromatic carbocycles. The van der Waals surface area contributed by atoms with Crippen LogP contribution in [-0.4, -0.2) is 47.6 Å². The molecule has 47 heavy (non-hydrogen) atoms. The third kappa shape index (κ3) is 36.2. The summed E-state index contributed by atoms with van der Waals surface area (Å²) >= 11 is 0. The zero-order valence-corrected chi connectivity index (χ0v) is 30.3. The standard InChI is InChI=1S/C41H70O6/c1-4-5-6-7-8-9-10-11-15-18-21-24-27-31-38(42)32-29-34-41(45)47-36-39(43)35-46-40(44)33-28-25-22-19-16-13-12-14-17-20-23-26-30-37(2)3/h5-6,8-9,11,15,21,24,27,31,37-39,42-43H,4,7,10,12-14,16-20,22-23,25-26,28-30,32-36H2,1-3H3/b6-5-,9-8-,15-11-,24-21-,31-27+/t38?,39-/m0/s1. The SMILES string of the molecule is CC/C=C\C/C=C\C/C=C\C/C=C\C=C\C(O)CCCC(=O)OC[C@@H](O)COC(=O)CCCCCCCCCCCCCCC(C)C. The van der Waals surface area contributed by atoms with Crippen LogP contribution in [0.2, 0.25) is 0 Å². The number of allylic oxidation sites excluding steroid dienone is 9. The van der Waals surface area contributed by atoms with E-state index in [1.807, 2.05) is 18.2 Å². The molecule has 0 aromatic heterocycles. The Hall–Kier alpha value is -2.44. The first-order valence-electron chi connectivity index (χ1n) is 18.8. The second-order valence-electron chi connectivity index (χ2n) is 13.0. The lowest BCUT2D eigenvalue weighted by atomic mass is 10.0. The Labute approximate surface area is 288 Å². The maximum Gasteiger partial charge on any atom is 0.305 e. The molecule has 2 atom stereocenters. The molecular weight excluding hydrogens is 588 g/mol. The van der Waals surface area contributed by atoms with Crippen molar-refractivity contribution in [3.05, 3.63) is 60.8 Å². The molecule has 0 heterocycles. The molecule has 0 bridgehead atoms. The number of aliphatic hydroxyl groups excluding tert-OH is 2. The first-order valence-corrected chi connectivity index (χ1v) is 18.8. The van der Waals surface area contributed by atoms with Crippen LogP contribution in [0.4, 0.5) is 0 Å². The Bertz CT molecular complexity index is 869. The summed E-state index contributed by atoms with van der Waals surface area (Å²) < 4.78 is 10.2. The normalized spacial score (nSPS) is 13.7. The van der Waals surface area contributed by atoms with E-state index in [1.165, 1.54) is 64.2 Å². The van der Waals surface area contributed by atoms with Gasteiger partial charge in [0.1, 0.15) is 19.3 Å². The number of carbonyl (C=O) groups is 2. The Morgan fingerprint density at radius 2 is 1.00 bits per heavy atom. The van der Waals surface area contributed by atoms with Gasteiger partial charge in [-0.3, -0.25) is 9.59 Å². The number of esters is 2. The highest BCUT2D eigenvalue weighted by molar-refractivity contribution is 5.69. The van der Waals surface area contributed by atoms with Crippen molar-refractivity contribution in [3.63, 3.8) is 0 Å². The molecule has 0 aromatic rings. The summed E-state index contributed by atoms with van der Waals surface area (Å²) in [6.07, 6.45) is 40.2. The molecule has 0 saturated heterocycles. The fraction of sp³-hybridized carbons (Fsp3) is 0.707. The lowest BCUT2D eigenvalue weighted by Gasteiger charge is -2.12. The molecule has 1 unspecified atom stereocenters. The van der Waals surface area contributed by atoms with Gasteiger partial charge < -0.3 is 19.7 Å². The van der Waals surface area contributed by atoms with Gasteiger partial charge in [0.15, 0.2) is 0 Å². The van der Waals surface area contributed by atoms with Gasteiger partial charge in [-0.15, -0.1) is 0 Å². The molecule has 270 valence electrons. The van der Waals surface area contributed by atoms with Crippen LogP contribution in [0.5, 0.6) is 0 Å². The maximum absolute atomic E-state index is 12.0. The highest BCUT2D eigenvalue weighted by atomic mass is 16.6. The van der Waals surface area contributed by atoms with Crippen molar-refractivity contribution in [2.45, 2.75) is 168 Å². The average molecular weight is 659 g/mol. The molecule has 0 saturated carbocycles. The van der Waals surface area contributed by atoms with Crippen molar-refractivity contribution in [2.75, 3.05) is 13.2 Å². The molecule has 2 N–H and O–H groups in total. The Kier molecular flexibility index (Phi) is 33.1. The zero-order valence-electron chi connectivity index (χ0n) is 30.3. The van der Waals surface area contributed by atoms with E-state index in [0.717, 1.165) is 50.9 Å². The van der Waals surface area contributed by atoms with E-state index >= 15 is 0 Å². The van der Waals surface area contributed by atoms with Gasteiger partial charge in [-0.05, 0) is 50.9 Å². The predicted octanol–water partition coefficient (Wildman–Crippen LogP) is 10.4. The Morgan fingerprint density at radius 1 is 0.553 bits per heavy atom. The summed E-state index contributed by atoms with van der Waals surface area (Å²) in [4.78, 5) is 23.9. The van der Waals surface area contributed by atoms with Crippen molar-refractivity contribution in [3.8, 4) is 0 Å². The predicted molar refractivity (Wildman–Crippen MR) is 197 cm³/mol. The monoisotopic (exact) mass is 659 g/mol. The van der Waals surface area contributed by atoms with E-state index in [2.05, 4.69) is 57.2 Å². The third-order valence-electron chi connectivity index (χ3n) is 7.80. The molecule has 6 heteroatoms. The van der Waals surface area contributed by atoms with Crippen LogP contribution in [0.25, 0.3) is 0 Å². The lowest BCUT2D eigenvalue weighted by molar-refractivity contribution is -0.152. The lowest BCUT2D eigenvalue weighted by Crippen LogP contribution is -2.25. The number of hydrogen-bond donors (Lipinski definition) is 2. The number of unbranched alkanes of at least 4 members (excludes halogenated alkanes) is 11. The van der Waals surface area contributed by atoms with E-state index in [1.54, 1.807) is 6.08 Å². The topological polar surface area (TPSA) is 93.1 Å². The van der Waals surface area contributed by atoms with Crippen molar-refractivity contribution >= 4 is 11.9 Å². The first kappa shape index (κ1) is 44.6. The van der Waals surface area contributed by atoms with Gasteiger partial charge in [-0.1, -0.05) is 159 Å². The largest absolute Gasteiger partial charge is 0.463 e. The Morgan fingerprint density at radius 3 is 1.51 bits per heavy atom. The molecule has 0 radical (unpaired) electrons. The number of carbonyl (C=O) groups excluding carboxylic acids is 2. The minimum absolute atomic E-state index is 0.153. The van der Waals surface area contributed by atoms with Crippen LogP contribution in [0, 0.1) is 5.92 Å². The molecule has 0 spiro atoms. The van der Waals surface area contributed by atoms with Crippen molar-refractivity contribution in [1.82, 2.24) is 0 Å². The van der Waals surface area contributed by atoms with Crippen LogP contribution in [-0.2, 0) is 19.1 Å². The molecule has 0 aliphatic rings. The summed E-state index contributed by atoms with van der Waals surface area (Å²) in [5.41, 5.74) is 0. The minimum Gasteiger partial charge on any atom is -0.463 e. The molecule has 0 aliphatic heterocycles. The fourth-order valence-electron chi connectivity index (χ4n) is 4.95. The summed E-state index contributed by atoms with van der Waals surface area (Å²) in [5.74, 6) is 0.0661. The highest BCUT2D eigenvalue weighted by Crippen LogP contribution is 2.14. The molecule has 0 fully saturated rings. The maximum atomic E-state index is 12.0. The second kappa shape index (κ2) is 34.9. The van der Waals surface area contributed by atoms with Crippen LogP contribution in [0.15, 0.2) is 60.8 Å². The Balaban J connectivity index is 3.65. The van der Waals surface area contributed by atoms with Crippen LogP contribution >= 0.6 is 0 Å². The van der Waals surface area contributed by atoms with Crippen molar-refractivity contribution in [1.29, 1.82) is 0 Å². The van der Waals surface area contributed by atoms with Crippen LogP contribution in [0.3, 0.4) is 0 Å². The van der Waals surface area contributed by atoms with Gasteiger partial charge in [0.25, 0.3) is 0 Å². The van der Waals surface area contributed by atoms with E-state index in [0.29, 0.717) is 19.3 Å². The van der Waals surface area contributed by atoms with E-state index in [9.17, 15) is 19.8 Å². The smallest absolute Gasteiger partial charge is 0.305 e. The molecular formula is C41H70O6. The molecule has 0 amide bonds. The van der Waals surface area contributed by atoms with Crippen molar-refractivity contribution in [2.24, 2.45) is 5.92 Å². The van der Waals surface area contributed by atoms with E-state index < -0.39 is 18.2 Å². The highest BCUT2D eigenvalue weighted by Gasteiger charge is 2.12. The zero-order chi connectivity index (χ0) is 34.6. The third-order valence-corrected chi connectivity index (χ3v) is 7.80. The summed E-state index contributed by atoms with van der Waals surface area (Å²) in [6, 6.07) is 0. The molecule has 0 rings (SSSR count). The number of hydrogen-bond acceptors (Lipinski definition) is 6. The number of aliphatic hydroxyl groups is 2. The van der Waals surface area contributed by atoms with E-state index in [-0.39, 0.29) is 25.6 Å². The van der Waals surface area contributed by atoms with Crippen LogP contribution in [0.1, 0.15) is 156 Å².